The molecule has 0 aliphatic heterocycles. The van der Waals surface area contributed by atoms with E-state index < -0.39 is 0 Å². The minimum atomic E-state index is -0.127. The maximum Gasteiger partial charge on any atom is 0.224 e. The molecule has 7 heteroatoms. The molecular weight excluding hydrogens is 354 g/mol. The predicted octanol–water partition coefficient (Wildman–Crippen LogP) is 2.34. The summed E-state index contributed by atoms with van der Waals surface area (Å²) in [7, 11) is 0. The van der Waals surface area contributed by atoms with E-state index in [9.17, 15) is 9.59 Å². The number of ketones is 1. The zero-order valence-corrected chi connectivity index (χ0v) is 15.9. The standard InChI is InChI=1S/C21H23N5O2/c1-14-16(10-20(28)22-11-19-23-13-24-25-19)21-17(8-5-9-18(21)27)26(14)12-15-6-3-2-4-7-15/h2-4,6-7,13H,5,8-12H2,1H3,(H,22,28)(H,23,24,25). The average Bonchev–Trinajstić information content (AvgIpc) is 3.31. The van der Waals surface area contributed by atoms with E-state index in [0.29, 0.717) is 25.3 Å². The van der Waals surface area contributed by atoms with Crippen LogP contribution >= 0.6 is 0 Å². The lowest BCUT2D eigenvalue weighted by Crippen LogP contribution is -2.26. The minimum Gasteiger partial charge on any atom is -0.349 e. The zero-order valence-electron chi connectivity index (χ0n) is 15.9. The van der Waals surface area contributed by atoms with Gasteiger partial charge in [-0.25, -0.2) is 4.98 Å². The second kappa shape index (κ2) is 7.80. The SMILES string of the molecule is Cc1c(CC(=O)NCc2ncn[nH]2)c2c(n1Cc1ccccc1)CCCC2=O. The number of carbonyl (C=O) groups excluding carboxylic acids is 2. The van der Waals surface area contributed by atoms with E-state index in [1.807, 2.05) is 25.1 Å². The largest absolute Gasteiger partial charge is 0.349 e. The highest BCUT2D eigenvalue weighted by atomic mass is 16.1. The van der Waals surface area contributed by atoms with E-state index in [0.717, 1.165) is 35.4 Å². The number of hydrogen-bond acceptors (Lipinski definition) is 4. The fourth-order valence-corrected chi connectivity index (χ4v) is 3.90. The Balaban J connectivity index is 1.61. The Kier molecular flexibility index (Phi) is 5.06. The van der Waals surface area contributed by atoms with Crippen molar-refractivity contribution < 1.29 is 9.59 Å². The summed E-state index contributed by atoms with van der Waals surface area (Å²) in [5.74, 6) is 0.622. The molecule has 2 aromatic heterocycles. The molecule has 0 atom stereocenters. The van der Waals surface area contributed by atoms with Crippen molar-refractivity contribution in [2.75, 3.05) is 0 Å². The van der Waals surface area contributed by atoms with Gasteiger partial charge in [0.05, 0.1) is 13.0 Å². The molecule has 28 heavy (non-hydrogen) atoms. The van der Waals surface area contributed by atoms with Gasteiger partial charge in [0.1, 0.15) is 12.2 Å². The van der Waals surface area contributed by atoms with Crippen molar-refractivity contribution >= 4 is 11.7 Å². The van der Waals surface area contributed by atoms with Crippen LogP contribution in [-0.4, -0.2) is 31.4 Å². The van der Waals surface area contributed by atoms with Gasteiger partial charge in [-0.05, 0) is 30.9 Å². The Hall–Kier alpha value is -3.22. The molecule has 1 aromatic carbocycles. The summed E-state index contributed by atoms with van der Waals surface area (Å²) in [5, 5.41) is 9.34. The zero-order chi connectivity index (χ0) is 19.5. The highest BCUT2D eigenvalue weighted by molar-refractivity contribution is 6.01. The second-order valence-electron chi connectivity index (χ2n) is 7.12. The molecule has 1 amide bonds. The third-order valence-corrected chi connectivity index (χ3v) is 5.29. The van der Waals surface area contributed by atoms with Crippen molar-refractivity contribution in [3.05, 3.63) is 70.6 Å². The molecule has 3 aromatic rings. The number of nitrogens with zero attached hydrogens (tertiary/aromatic N) is 3. The number of benzene rings is 1. The van der Waals surface area contributed by atoms with Crippen LogP contribution in [0.5, 0.6) is 0 Å². The number of aromatic nitrogens is 4. The Labute approximate surface area is 163 Å². The summed E-state index contributed by atoms with van der Waals surface area (Å²) in [4.78, 5) is 29.2. The van der Waals surface area contributed by atoms with Gasteiger partial charge in [0.15, 0.2) is 5.78 Å². The van der Waals surface area contributed by atoms with Crippen LogP contribution < -0.4 is 5.32 Å². The Morgan fingerprint density at radius 2 is 2.07 bits per heavy atom. The molecule has 0 radical (unpaired) electrons. The molecule has 0 saturated carbocycles. The molecule has 1 aliphatic carbocycles. The first-order valence-electron chi connectivity index (χ1n) is 9.52. The number of hydrogen-bond donors (Lipinski definition) is 2. The Morgan fingerprint density at radius 3 is 2.82 bits per heavy atom. The molecule has 0 saturated heterocycles. The monoisotopic (exact) mass is 377 g/mol. The summed E-state index contributed by atoms with van der Waals surface area (Å²) in [6, 6.07) is 10.2. The van der Waals surface area contributed by atoms with Gasteiger partial charge in [0, 0.05) is 29.9 Å². The smallest absolute Gasteiger partial charge is 0.224 e. The number of carbonyl (C=O) groups is 2. The highest BCUT2D eigenvalue weighted by Gasteiger charge is 2.29. The average molecular weight is 377 g/mol. The van der Waals surface area contributed by atoms with E-state index in [2.05, 4.69) is 37.2 Å². The van der Waals surface area contributed by atoms with Crippen molar-refractivity contribution in [2.24, 2.45) is 0 Å². The number of H-pyrrole nitrogens is 1. The lowest BCUT2D eigenvalue weighted by atomic mass is 9.92. The van der Waals surface area contributed by atoms with Crippen molar-refractivity contribution in [1.82, 2.24) is 25.1 Å². The molecule has 0 unspecified atom stereocenters. The molecule has 2 N–H and O–H groups in total. The Morgan fingerprint density at radius 1 is 1.25 bits per heavy atom. The van der Waals surface area contributed by atoms with Gasteiger partial charge >= 0.3 is 0 Å². The summed E-state index contributed by atoms with van der Waals surface area (Å²) < 4.78 is 2.21. The summed E-state index contributed by atoms with van der Waals surface area (Å²) >= 11 is 0. The van der Waals surface area contributed by atoms with Crippen LogP contribution in [0.15, 0.2) is 36.7 Å². The lowest BCUT2D eigenvalue weighted by molar-refractivity contribution is -0.120. The molecular formula is C21H23N5O2. The predicted molar refractivity (Wildman–Crippen MR) is 104 cm³/mol. The van der Waals surface area contributed by atoms with Gasteiger partial charge in [-0.2, -0.15) is 5.10 Å². The topological polar surface area (TPSA) is 92.7 Å². The number of amides is 1. The fraction of sp³-hybridized carbons (Fsp3) is 0.333. The summed E-state index contributed by atoms with van der Waals surface area (Å²) in [6.07, 6.45) is 3.88. The third-order valence-electron chi connectivity index (χ3n) is 5.29. The van der Waals surface area contributed by atoms with E-state index in [1.165, 1.54) is 11.9 Å². The van der Waals surface area contributed by atoms with Crippen LogP contribution in [-0.2, 0) is 30.7 Å². The first kappa shape index (κ1) is 18.2. The molecule has 1 aliphatic rings. The normalized spacial score (nSPS) is 13.4. The molecule has 2 heterocycles. The highest BCUT2D eigenvalue weighted by Crippen LogP contribution is 2.31. The maximum absolute atomic E-state index is 12.7. The van der Waals surface area contributed by atoms with Crippen molar-refractivity contribution in [2.45, 2.75) is 45.7 Å². The van der Waals surface area contributed by atoms with Gasteiger partial charge in [0.25, 0.3) is 0 Å². The van der Waals surface area contributed by atoms with Crippen LogP contribution in [0.4, 0.5) is 0 Å². The van der Waals surface area contributed by atoms with Crippen LogP contribution in [0.2, 0.25) is 0 Å². The van der Waals surface area contributed by atoms with Crippen molar-refractivity contribution in [3.63, 3.8) is 0 Å². The molecule has 0 bridgehead atoms. The van der Waals surface area contributed by atoms with Gasteiger partial charge in [-0.3, -0.25) is 14.7 Å². The number of rotatable bonds is 6. The van der Waals surface area contributed by atoms with Crippen LogP contribution in [0, 0.1) is 6.92 Å². The molecule has 0 fully saturated rings. The van der Waals surface area contributed by atoms with E-state index in [-0.39, 0.29) is 18.1 Å². The van der Waals surface area contributed by atoms with Gasteiger partial charge < -0.3 is 9.88 Å². The number of nitrogens with one attached hydrogen (secondary N) is 2. The van der Waals surface area contributed by atoms with Gasteiger partial charge in [0.2, 0.25) is 5.91 Å². The van der Waals surface area contributed by atoms with Crippen LogP contribution in [0.25, 0.3) is 0 Å². The maximum atomic E-state index is 12.7. The first-order valence-corrected chi connectivity index (χ1v) is 9.52. The van der Waals surface area contributed by atoms with Crippen LogP contribution in [0.3, 0.4) is 0 Å². The van der Waals surface area contributed by atoms with Gasteiger partial charge in [-0.15, -0.1) is 0 Å². The third kappa shape index (κ3) is 3.60. The number of fused-ring (bicyclic) bond motifs is 1. The fourth-order valence-electron chi connectivity index (χ4n) is 3.90. The van der Waals surface area contributed by atoms with E-state index >= 15 is 0 Å². The van der Waals surface area contributed by atoms with E-state index in [1.54, 1.807) is 0 Å². The van der Waals surface area contributed by atoms with Crippen molar-refractivity contribution in [3.8, 4) is 0 Å². The van der Waals surface area contributed by atoms with Crippen LogP contribution in [0.1, 0.15) is 51.5 Å². The Bertz CT molecular complexity index is 990. The quantitative estimate of drug-likeness (QED) is 0.690. The number of Topliss-reactive ketones (excluding diaryl/α,β-unsaturated/α-hetero) is 1. The van der Waals surface area contributed by atoms with Gasteiger partial charge in [-0.1, -0.05) is 30.3 Å². The summed E-state index contributed by atoms with van der Waals surface area (Å²) in [6.45, 7) is 3.01. The molecule has 0 spiro atoms. The number of aromatic amines is 1. The molecule has 144 valence electrons. The van der Waals surface area contributed by atoms with E-state index in [4.69, 9.17) is 0 Å². The molecule has 7 nitrogen and oxygen atoms in total. The summed E-state index contributed by atoms with van der Waals surface area (Å²) in [5.41, 5.74) is 4.86. The van der Waals surface area contributed by atoms with Crippen molar-refractivity contribution in [1.29, 1.82) is 0 Å². The minimum absolute atomic E-state index is 0.127. The second-order valence-corrected chi connectivity index (χ2v) is 7.12. The first-order chi connectivity index (χ1) is 13.6. The molecule has 4 rings (SSSR count). The lowest BCUT2D eigenvalue weighted by Gasteiger charge is -2.16.